The minimum absolute atomic E-state index is 0.264. The molecular formula is C9H12BClO4. The molecule has 82 valence electrons. The summed E-state index contributed by atoms with van der Waals surface area (Å²) in [5.74, 6) is 0.790. The minimum atomic E-state index is -1.58. The lowest BCUT2D eigenvalue weighted by atomic mass is 9.80. The Morgan fingerprint density at radius 3 is 2.53 bits per heavy atom. The molecule has 1 aromatic rings. The molecule has 0 aliphatic rings. The van der Waals surface area contributed by atoms with Crippen LogP contribution in [0.2, 0.25) is 5.02 Å². The van der Waals surface area contributed by atoms with E-state index in [1.165, 1.54) is 19.2 Å². The molecule has 4 nitrogen and oxygen atoms in total. The second kappa shape index (κ2) is 5.25. The van der Waals surface area contributed by atoms with Crippen molar-refractivity contribution in [3.05, 3.63) is 17.2 Å². The first kappa shape index (κ1) is 12.2. The third-order valence-electron chi connectivity index (χ3n) is 1.84. The monoisotopic (exact) mass is 230 g/mol. The average Bonchev–Trinajstić information content (AvgIpc) is 2.20. The molecule has 1 rings (SSSR count). The lowest BCUT2D eigenvalue weighted by Gasteiger charge is -2.12. The van der Waals surface area contributed by atoms with Crippen molar-refractivity contribution in [2.45, 2.75) is 6.92 Å². The highest BCUT2D eigenvalue weighted by Crippen LogP contribution is 2.33. The van der Waals surface area contributed by atoms with Gasteiger partial charge in [-0.25, -0.2) is 0 Å². The number of ether oxygens (including phenoxy) is 2. The summed E-state index contributed by atoms with van der Waals surface area (Å²) >= 11 is 5.91. The van der Waals surface area contributed by atoms with Gasteiger partial charge in [0, 0.05) is 0 Å². The molecule has 0 amide bonds. The predicted molar refractivity (Wildman–Crippen MR) is 59.0 cm³/mol. The fraction of sp³-hybridized carbons (Fsp3) is 0.333. The zero-order valence-electron chi connectivity index (χ0n) is 8.53. The number of rotatable bonds is 4. The first-order valence-electron chi connectivity index (χ1n) is 4.46. The highest BCUT2D eigenvalue weighted by Gasteiger charge is 2.17. The van der Waals surface area contributed by atoms with Crippen molar-refractivity contribution in [1.82, 2.24) is 0 Å². The van der Waals surface area contributed by atoms with Gasteiger partial charge in [-0.3, -0.25) is 0 Å². The summed E-state index contributed by atoms with van der Waals surface area (Å²) in [5, 5.41) is 18.3. The minimum Gasteiger partial charge on any atom is -0.493 e. The number of halogens is 1. The zero-order valence-corrected chi connectivity index (χ0v) is 9.28. The first-order valence-corrected chi connectivity index (χ1v) is 4.84. The Morgan fingerprint density at radius 1 is 1.40 bits per heavy atom. The van der Waals surface area contributed by atoms with E-state index in [2.05, 4.69) is 0 Å². The van der Waals surface area contributed by atoms with E-state index in [-0.39, 0.29) is 5.46 Å². The summed E-state index contributed by atoms with van der Waals surface area (Å²) in [5.41, 5.74) is 0.264. The van der Waals surface area contributed by atoms with Crippen LogP contribution in [-0.2, 0) is 0 Å². The molecule has 0 atom stereocenters. The van der Waals surface area contributed by atoms with Gasteiger partial charge in [0.05, 0.1) is 18.7 Å². The molecule has 15 heavy (non-hydrogen) atoms. The van der Waals surface area contributed by atoms with Gasteiger partial charge in [-0.15, -0.1) is 0 Å². The SMILES string of the molecule is CCOc1c(Cl)cc(B(O)O)cc1OC. The van der Waals surface area contributed by atoms with Crippen LogP contribution in [0.4, 0.5) is 0 Å². The Kier molecular flexibility index (Phi) is 4.26. The maximum absolute atomic E-state index is 8.99. The Balaban J connectivity index is 3.18. The molecule has 2 N–H and O–H groups in total. The zero-order chi connectivity index (χ0) is 11.4. The lowest BCUT2D eigenvalue weighted by molar-refractivity contribution is 0.311. The molecule has 6 heteroatoms. The fourth-order valence-electron chi connectivity index (χ4n) is 1.17. The van der Waals surface area contributed by atoms with E-state index in [4.69, 9.17) is 31.1 Å². The second-order valence-electron chi connectivity index (χ2n) is 2.84. The summed E-state index contributed by atoms with van der Waals surface area (Å²) in [4.78, 5) is 0. The Hall–Kier alpha value is -0.905. The van der Waals surface area contributed by atoms with E-state index in [9.17, 15) is 0 Å². The van der Waals surface area contributed by atoms with Gasteiger partial charge in [0.15, 0.2) is 11.5 Å². The molecule has 0 aromatic heterocycles. The summed E-state index contributed by atoms with van der Waals surface area (Å²) in [6.45, 7) is 2.28. The maximum Gasteiger partial charge on any atom is 0.488 e. The van der Waals surface area contributed by atoms with Gasteiger partial charge in [-0.05, 0) is 24.5 Å². The van der Waals surface area contributed by atoms with Crippen LogP contribution in [0.25, 0.3) is 0 Å². The Labute approximate surface area is 93.5 Å². The number of methoxy groups -OCH3 is 1. The van der Waals surface area contributed by atoms with Crippen molar-refractivity contribution in [2.24, 2.45) is 0 Å². The summed E-state index contributed by atoms with van der Waals surface area (Å²) < 4.78 is 10.3. The van der Waals surface area contributed by atoms with Crippen LogP contribution in [0.1, 0.15) is 6.92 Å². The predicted octanol–water partition coefficient (Wildman–Crippen LogP) is 0.427. The van der Waals surface area contributed by atoms with Crippen LogP contribution < -0.4 is 14.9 Å². The van der Waals surface area contributed by atoms with Crippen molar-refractivity contribution in [1.29, 1.82) is 0 Å². The Bertz CT molecular complexity index is 343. The summed E-state index contributed by atoms with van der Waals surface area (Å²) in [7, 11) is -0.117. The van der Waals surface area contributed by atoms with Crippen LogP contribution in [-0.4, -0.2) is 30.9 Å². The standard InChI is InChI=1S/C9H12BClO4/c1-3-15-9-7(11)4-6(10(12)13)5-8(9)14-2/h4-5,12-13H,3H2,1-2H3. The van der Waals surface area contributed by atoms with Crippen molar-refractivity contribution < 1.29 is 19.5 Å². The van der Waals surface area contributed by atoms with Gasteiger partial charge in [0.25, 0.3) is 0 Å². The van der Waals surface area contributed by atoms with Crippen molar-refractivity contribution in [3.63, 3.8) is 0 Å². The lowest BCUT2D eigenvalue weighted by Crippen LogP contribution is -2.29. The molecule has 0 radical (unpaired) electrons. The van der Waals surface area contributed by atoms with Gasteiger partial charge in [-0.2, -0.15) is 0 Å². The maximum atomic E-state index is 8.99. The summed E-state index contributed by atoms with van der Waals surface area (Å²) in [6, 6.07) is 2.90. The summed E-state index contributed by atoms with van der Waals surface area (Å²) in [6.07, 6.45) is 0. The molecule has 0 spiro atoms. The highest BCUT2D eigenvalue weighted by atomic mass is 35.5. The number of benzene rings is 1. The van der Waals surface area contributed by atoms with Crippen molar-refractivity contribution in [2.75, 3.05) is 13.7 Å². The third-order valence-corrected chi connectivity index (χ3v) is 2.12. The second-order valence-corrected chi connectivity index (χ2v) is 3.25. The van der Waals surface area contributed by atoms with Gasteiger partial charge in [0.2, 0.25) is 0 Å². The fourth-order valence-corrected chi connectivity index (χ4v) is 1.45. The van der Waals surface area contributed by atoms with Gasteiger partial charge < -0.3 is 19.5 Å². The van der Waals surface area contributed by atoms with Crippen LogP contribution >= 0.6 is 11.6 Å². The van der Waals surface area contributed by atoms with Crippen LogP contribution in [0.15, 0.2) is 12.1 Å². The number of hydrogen-bond acceptors (Lipinski definition) is 4. The molecule has 0 aliphatic heterocycles. The highest BCUT2D eigenvalue weighted by molar-refractivity contribution is 6.59. The first-order chi connectivity index (χ1) is 7.10. The topological polar surface area (TPSA) is 58.9 Å². The van der Waals surface area contributed by atoms with Crippen molar-refractivity contribution in [3.8, 4) is 11.5 Å². The van der Waals surface area contributed by atoms with Gasteiger partial charge in [-0.1, -0.05) is 11.6 Å². The smallest absolute Gasteiger partial charge is 0.488 e. The molecule has 0 heterocycles. The largest absolute Gasteiger partial charge is 0.493 e. The van der Waals surface area contributed by atoms with E-state index in [1.54, 1.807) is 0 Å². The molecule has 1 aromatic carbocycles. The van der Waals surface area contributed by atoms with E-state index in [1.807, 2.05) is 6.92 Å². The van der Waals surface area contributed by atoms with Gasteiger partial charge in [0.1, 0.15) is 0 Å². The molecule has 0 unspecified atom stereocenters. The molecule has 0 bridgehead atoms. The van der Waals surface area contributed by atoms with Gasteiger partial charge >= 0.3 is 7.12 Å². The quantitative estimate of drug-likeness (QED) is 0.737. The number of hydrogen-bond donors (Lipinski definition) is 2. The molecular weight excluding hydrogens is 218 g/mol. The van der Waals surface area contributed by atoms with E-state index in [0.29, 0.717) is 23.1 Å². The van der Waals surface area contributed by atoms with E-state index >= 15 is 0 Å². The molecule has 0 saturated carbocycles. The van der Waals surface area contributed by atoms with E-state index in [0.717, 1.165) is 0 Å². The van der Waals surface area contributed by atoms with E-state index < -0.39 is 7.12 Å². The molecule has 0 aliphatic carbocycles. The van der Waals surface area contributed by atoms with Crippen LogP contribution in [0, 0.1) is 0 Å². The average molecular weight is 230 g/mol. The third kappa shape index (κ3) is 2.78. The molecule has 0 saturated heterocycles. The molecule has 0 fully saturated rings. The Morgan fingerprint density at radius 2 is 2.07 bits per heavy atom. The normalized spacial score (nSPS) is 9.93. The van der Waals surface area contributed by atoms with Crippen LogP contribution in [0.3, 0.4) is 0 Å². The van der Waals surface area contributed by atoms with Crippen LogP contribution in [0.5, 0.6) is 11.5 Å². The van der Waals surface area contributed by atoms with Crippen molar-refractivity contribution >= 4 is 24.2 Å².